The molecule has 0 atom stereocenters. The first-order chi connectivity index (χ1) is 18.1. The molecule has 0 amide bonds. The summed E-state index contributed by atoms with van der Waals surface area (Å²) in [6.45, 7) is 3.90. The van der Waals surface area contributed by atoms with Crippen LogP contribution in [0.2, 0.25) is 5.02 Å². The molecule has 0 aliphatic carbocycles. The Morgan fingerprint density at radius 3 is 2.43 bits per heavy atom. The van der Waals surface area contributed by atoms with Crippen molar-refractivity contribution in [3.8, 4) is 17.2 Å². The van der Waals surface area contributed by atoms with Crippen molar-refractivity contribution in [2.45, 2.75) is 6.54 Å². The SMILES string of the molecule is COc1cc(N2CCN(c3ccccc3)CC2)nc(NC(=S)NCc2ccc(-c3ccc(Cl)cc3)o2)n1. The molecule has 37 heavy (non-hydrogen) atoms. The number of piperazine rings is 1. The van der Waals surface area contributed by atoms with E-state index in [9.17, 15) is 0 Å². The highest BCUT2D eigenvalue weighted by Gasteiger charge is 2.20. The third kappa shape index (κ3) is 6.31. The largest absolute Gasteiger partial charge is 0.481 e. The summed E-state index contributed by atoms with van der Waals surface area (Å²) in [6.07, 6.45) is 0. The maximum absolute atomic E-state index is 5.97. The molecule has 0 saturated carbocycles. The van der Waals surface area contributed by atoms with Gasteiger partial charge in [-0.1, -0.05) is 29.8 Å². The Morgan fingerprint density at radius 1 is 0.973 bits per heavy atom. The van der Waals surface area contributed by atoms with Gasteiger partial charge in [-0.15, -0.1) is 0 Å². The number of ether oxygens (including phenoxy) is 1. The molecule has 0 radical (unpaired) electrons. The molecule has 0 spiro atoms. The Hall–Kier alpha value is -3.82. The Labute approximate surface area is 226 Å². The highest BCUT2D eigenvalue weighted by atomic mass is 35.5. The molecule has 3 heterocycles. The van der Waals surface area contributed by atoms with E-state index in [0.717, 1.165) is 49.1 Å². The number of thiocarbonyl (C=S) groups is 1. The van der Waals surface area contributed by atoms with E-state index in [2.05, 4.69) is 49.7 Å². The van der Waals surface area contributed by atoms with Gasteiger partial charge in [0.2, 0.25) is 11.8 Å². The zero-order valence-electron chi connectivity index (χ0n) is 20.4. The monoisotopic (exact) mass is 534 g/mol. The number of halogens is 1. The van der Waals surface area contributed by atoms with Crippen LogP contribution in [0.3, 0.4) is 0 Å². The second-order valence-electron chi connectivity index (χ2n) is 8.48. The van der Waals surface area contributed by atoms with Gasteiger partial charge in [-0.3, -0.25) is 0 Å². The molecule has 8 nitrogen and oxygen atoms in total. The summed E-state index contributed by atoms with van der Waals surface area (Å²) in [5.41, 5.74) is 2.19. The van der Waals surface area contributed by atoms with Gasteiger partial charge in [-0.25, -0.2) is 0 Å². The van der Waals surface area contributed by atoms with Gasteiger partial charge in [-0.2, -0.15) is 9.97 Å². The fourth-order valence-corrected chi connectivity index (χ4v) is 4.41. The van der Waals surface area contributed by atoms with Crippen LogP contribution in [-0.2, 0) is 6.54 Å². The van der Waals surface area contributed by atoms with E-state index in [4.69, 9.17) is 38.0 Å². The molecular formula is C27H27ClN6O2S. The number of rotatable bonds is 7. The van der Waals surface area contributed by atoms with E-state index >= 15 is 0 Å². The topological polar surface area (TPSA) is 78.7 Å². The predicted octanol–water partition coefficient (Wildman–Crippen LogP) is 5.21. The summed E-state index contributed by atoms with van der Waals surface area (Å²) in [4.78, 5) is 13.7. The number of benzene rings is 2. The van der Waals surface area contributed by atoms with E-state index in [0.29, 0.717) is 28.5 Å². The maximum atomic E-state index is 5.97. The summed E-state index contributed by atoms with van der Waals surface area (Å²) in [6, 6.07) is 23.6. The van der Waals surface area contributed by atoms with Crippen LogP contribution in [0.5, 0.6) is 5.88 Å². The second kappa shape index (κ2) is 11.5. The molecule has 5 rings (SSSR count). The zero-order chi connectivity index (χ0) is 25.6. The highest BCUT2D eigenvalue weighted by molar-refractivity contribution is 7.80. The minimum Gasteiger partial charge on any atom is -0.481 e. The number of anilines is 3. The molecule has 1 saturated heterocycles. The molecule has 10 heteroatoms. The first kappa shape index (κ1) is 24.9. The van der Waals surface area contributed by atoms with Crippen LogP contribution in [0.25, 0.3) is 11.3 Å². The molecule has 4 aromatic rings. The van der Waals surface area contributed by atoms with E-state index in [-0.39, 0.29) is 0 Å². The molecule has 1 aliphatic rings. The van der Waals surface area contributed by atoms with E-state index in [1.165, 1.54) is 5.69 Å². The molecule has 0 bridgehead atoms. The molecule has 2 aromatic carbocycles. The van der Waals surface area contributed by atoms with Crippen LogP contribution < -0.4 is 25.2 Å². The van der Waals surface area contributed by atoms with Crippen LogP contribution in [0.4, 0.5) is 17.5 Å². The van der Waals surface area contributed by atoms with Gasteiger partial charge in [0.05, 0.1) is 13.7 Å². The van der Waals surface area contributed by atoms with Crippen LogP contribution in [-0.4, -0.2) is 48.4 Å². The third-order valence-electron chi connectivity index (χ3n) is 6.06. The van der Waals surface area contributed by atoms with Crippen LogP contribution in [0, 0.1) is 0 Å². The van der Waals surface area contributed by atoms with Gasteiger partial charge < -0.3 is 29.6 Å². The Bertz CT molecular complexity index is 1340. The predicted molar refractivity (Wildman–Crippen MR) is 152 cm³/mol. The average Bonchev–Trinajstić information content (AvgIpc) is 3.42. The van der Waals surface area contributed by atoms with Crippen molar-refractivity contribution in [3.63, 3.8) is 0 Å². The summed E-state index contributed by atoms with van der Waals surface area (Å²) in [5.74, 6) is 3.15. The van der Waals surface area contributed by atoms with Gasteiger partial charge >= 0.3 is 0 Å². The van der Waals surface area contributed by atoms with Crippen LogP contribution in [0.1, 0.15) is 5.76 Å². The van der Waals surface area contributed by atoms with Crippen LogP contribution in [0.15, 0.2) is 77.2 Å². The number of methoxy groups -OCH3 is 1. The first-order valence-corrected chi connectivity index (χ1v) is 12.7. The van der Waals surface area contributed by atoms with Crippen molar-refractivity contribution >= 4 is 46.4 Å². The van der Waals surface area contributed by atoms with Gasteiger partial charge in [-0.05, 0) is 60.7 Å². The van der Waals surface area contributed by atoms with Crippen molar-refractivity contribution in [1.29, 1.82) is 0 Å². The summed E-state index contributed by atoms with van der Waals surface area (Å²) in [5, 5.41) is 7.29. The summed E-state index contributed by atoms with van der Waals surface area (Å²) in [7, 11) is 1.59. The lowest BCUT2D eigenvalue weighted by Gasteiger charge is -2.36. The van der Waals surface area contributed by atoms with Crippen LogP contribution >= 0.6 is 23.8 Å². The lowest BCUT2D eigenvalue weighted by atomic mass is 10.2. The van der Waals surface area contributed by atoms with E-state index in [1.54, 1.807) is 7.11 Å². The number of hydrogen-bond donors (Lipinski definition) is 2. The molecule has 190 valence electrons. The molecule has 2 aromatic heterocycles. The number of aromatic nitrogens is 2. The Balaban J connectivity index is 1.18. The van der Waals surface area contributed by atoms with Gasteiger partial charge in [0.25, 0.3) is 0 Å². The minimum atomic E-state index is 0.374. The van der Waals surface area contributed by atoms with Crippen molar-refractivity contribution < 1.29 is 9.15 Å². The summed E-state index contributed by atoms with van der Waals surface area (Å²) < 4.78 is 11.4. The quantitative estimate of drug-likeness (QED) is 0.310. The fraction of sp³-hybridized carbons (Fsp3) is 0.222. The number of para-hydroxylation sites is 1. The normalized spacial score (nSPS) is 13.4. The Morgan fingerprint density at radius 2 is 1.70 bits per heavy atom. The maximum Gasteiger partial charge on any atom is 0.234 e. The molecular weight excluding hydrogens is 508 g/mol. The average molecular weight is 535 g/mol. The molecule has 1 aliphatic heterocycles. The van der Waals surface area contributed by atoms with Crippen molar-refractivity contribution in [1.82, 2.24) is 15.3 Å². The smallest absolute Gasteiger partial charge is 0.234 e. The second-order valence-corrected chi connectivity index (χ2v) is 9.33. The van der Waals surface area contributed by atoms with Gasteiger partial charge in [0.1, 0.15) is 17.3 Å². The van der Waals surface area contributed by atoms with Gasteiger partial charge in [0, 0.05) is 48.5 Å². The van der Waals surface area contributed by atoms with E-state index in [1.807, 2.05) is 48.5 Å². The highest BCUT2D eigenvalue weighted by Crippen LogP contribution is 2.25. The number of nitrogens with one attached hydrogen (secondary N) is 2. The van der Waals surface area contributed by atoms with Gasteiger partial charge in [0.15, 0.2) is 5.11 Å². The molecule has 2 N–H and O–H groups in total. The zero-order valence-corrected chi connectivity index (χ0v) is 21.9. The first-order valence-electron chi connectivity index (χ1n) is 11.9. The lowest BCUT2D eigenvalue weighted by molar-refractivity contribution is 0.397. The Kier molecular flexibility index (Phi) is 7.72. The fourth-order valence-electron chi connectivity index (χ4n) is 4.12. The minimum absolute atomic E-state index is 0.374. The lowest BCUT2D eigenvalue weighted by Crippen LogP contribution is -2.46. The number of nitrogens with zero attached hydrogens (tertiary/aromatic N) is 4. The molecule has 0 unspecified atom stereocenters. The number of furan rings is 1. The van der Waals surface area contributed by atoms with Crippen molar-refractivity contribution in [2.24, 2.45) is 0 Å². The third-order valence-corrected chi connectivity index (χ3v) is 6.56. The summed E-state index contributed by atoms with van der Waals surface area (Å²) >= 11 is 11.5. The number of hydrogen-bond acceptors (Lipinski definition) is 7. The van der Waals surface area contributed by atoms with E-state index < -0.39 is 0 Å². The van der Waals surface area contributed by atoms with Crippen molar-refractivity contribution in [3.05, 3.63) is 83.6 Å². The standard InChI is InChI=1S/C27H27ClN6O2S/c1-35-25-17-24(34-15-13-33(14-16-34)21-5-3-2-4-6-21)30-26(31-25)32-27(37)29-18-22-11-12-23(36-22)19-7-9-20(28)10-8-19/h2-12,17H,13-16,18H2,1H3,(H2,29,30,31,32,37). The van der Waals surface area contributed by atoms with Crippen molar-refractivity contribution in [2.75, 3.05) is 48.4 Å². The molecule has 1 fully saturated rings.